The summed E-state index contributed by atoms with van der Waals surface area (Å²) in [7, 11) is -5.97. The summed E-state index contributed by atoms with van der Waals surface area (Å²) in [5, 5.41) is 13.7. The lowest BCUT2D eigenvalue weighted by molar-refractivity contribution is -0.0312. The molecule has 41 heavy (non-hydrogen) atoms. The number of hydrogen-bond acceptors (Lipinski definition) is 10. The maximum atomic E-state index is 13.3. The minimum atomic E-state index is -3.71. The number of pyridine rings is 1. The molecule has 4 N–H and O–H groups in total. The number of piperidine rings is 1. The standard InChI is InChI=1S/C26H36N6O7S2/c1-3-24-30-23-12-22(15-29-25(23)31-24)41(36,37)32-9-7-26(8-10-32)13-18(16-39-26)28-14-19(33)17-38-20-5-4-6-21(11-20)40(34,35)27-2/h4-6,11-12,15,18-19,27-28,33H,3,7-10,13-14,16-17H2,1-2H3,(H,29,30,31). The molecule has 0 aliphatic carbocycles. The van der Waals surface area contributed by atoms with Gasteiger partial charge in [-0.15, -0.1) is 0 Å². The molecule has 2 saturated heterocycles. The lowest BCUT2D eigenvalue weighted by Crippen LogP contribution is -2.47. The number of sulfonamides is 2. The van der Waals surface area contributed by atoms with Gasteiger partial charge in [-0.05, 0) is 44.5 Å². The van der Waals surface area contributed by atoms with Crippen LogP contribution in [0.5, 0.6) is 5.75 Å². The minimum Gasteiger partial charge on any atom is -0.491 e. The first-order valence-electron chi connectivity index (χ1n) is 13.6. The molecule has 2 aliphatic rings. The van der Waals surface area contributed by atoms with Gasteiger partial charge in [0.05, 0.1) is 17.1 Å². The quantitative estimate of drug-likeness (QED) is 0.243. The van der Waals surface area contributed by atoms with Crippen LogP contribution < -0.4 is 14.8 Å². The molecule has 2 unspecified atom stereocenters. The Morgan fingerprint density at radius 2 is 2.00 bits per heavy atom. The first kappa shape index (κ1) is 29.8. The molecule has 224 valence electrons. The molecule has 13 nitrogen and oxygen atoms in total. The van der Waals surface area contributed by atoms with Crippen LogP contribution in [0.4, 0.5) is 0 Å². The fourth-order valence-electron chi connectivity index (χ4n) is 5.24. The third kappa shape index (κ3) is 6.56. The largest absolute Gasteiger partial charge is 0.491 e. The van der Waals surface area contributed by atoms with Gasteiger partial charge in [-0.2, -0.15) is 4.31 Å². The number of benzene rings is 1. The van der Waals surface area contributed by atoms with Crippen LogP contribution in [-0.2, 0) is 31.2 Å². The van der Waals surface area contributed by atoms with Crippen molar-refractivity contribution in [3.63, 3.8) is 0 Å². The van der Waals surface area contributed by atoms with Gasteiger partial charge in [0.1, 0.15) is 34.7 Å². The number of rotatable bonds is 11. The van der Waals surface area contributed by atoms with Crippen molar-refractivity contribution in [3.8, 4) is 5.75 Å². The number of imidazole rings is 1. The highest BCUT2D eigenvalue weighted by atomic mass is 32.2. The van der Waals surface area contributed by atoms with Crippen LogP contribution in [0.3, 0.4) is 0 Å². The Morgan fingerprint density at radius 3 is 2.73 bits per heavy atom. The van der Waals surface area contributed by atoms with Gasteiger partial charge in [0, 0.05) is 44.4 Å². The van der Waals surface area contributed by atoms with E-state index < -0.39 is 31.8 Å². The van der Waals surface area contributed by atoms with Crippen molar-refractivity contribution in [2.45, 2.75) is 60.1 Å². The number of aryl methyl sites for hydroxylation is 1. The topological polar surface area (TPSA) is 176 Å². The van der Waals surface area contributed by atoms with Crippen LogP contribution in [0, 0.1) is 0 Å². The third-order valence-corrected chi connectivity index (χ3v) is 10.9. The van der Waals surface area contributed by atoms with Crippen molar-refractivity contribution in [2.24, 2.45) is 0 Å². The first-order chi connectivity index (χ1) is 19.5. The van der Waals surface area contributed by atoms with Gasteiger partial charge in [-0.25, -0.2) is 31.5 Å². The SMILES string of the molecule is CCc1nc2cc(S(=O)(=O)N3CCC4(CC3)CC(NCC(O)COc3cccc(S(=O)(=O)NC)c3)CO4)cnc2[nH]1. The molecule has 2 atom stereocenters. The summed E-state index contributed by atoms with van der Waals surface area (Å²) < 4.78 is 66.1. The lowest BCUT2D eigenvalue weighted by Gasteiger charge is -2.38. The van der Waals surface area contributed by atoms with Gasteiger partial charge < -0.3 is 24.9 Å². The summed E-state index contributed by atoms with van der Waals surface area (Å²) in [6, 6.07) is 7.65. The van der Waals surface area contributed by atoms with Gasteiger partial charge in [-0.3, -0.25) is 0 Å². The zero-order valence-electron chi connectivity index (χ0n) is 23.0. The molecular formula is C26H36N6O7S2. The molecule has 1 spiro atoms. The molecule has 5 rings (SSSR count). The molecule has 0 saturated carbocycles. The number of H-pyrrole nitrogens is 1. The highest BCUT2D eigenvalue weighted by molar-refractivity contribution is 7.89. The summed E-state index contributed by atoms with van der Waals surface area (Å²) in [5.41, 5.74) is 0.694. The Hall–Kier alpha value is -2.66. The highest BCUT2D eigenvalue weighted by Crippen LogP contribution is 2.37. The molecule has 15 heteroatoms. The second-order valence-electron chi connectivity index (χ2n) is 10.4. The number of fused-ring (bicyclic) bond motifs is 1. The second kappa shape index (κ2) is 11.9. The van der Waals surface area contributed by atoms with Gasteiger partial charge in [0.2, 0.25) is 20.0 Å². The van der Waals surface area contributed by atoms with Crippen molar-refractivity contribution in [1.29, 1.82) is 0 Å². The minimum absolute atomic E-state index is 0.0101. The zero-order chi connectivity index (χ0) is 29.3. The van der Waals surface area contributed by atoms with Crippen molar-refractivity contribution >= 4 is 31.2 Å². The summed E-state index contributed by atoms with van der Waals surface area (Å²) in [6.07, 6.45) is 3.10. The highest BCUT2D eigenvalue weighted by Gasteiger charge is 2.44. The molecule has 2 fully saturated rings. The van der Waals surface area contributed by atoms with Crippen LogP contribution in [0.1, 0.15) is 32.0 Å². The molecule has 4 heterocycles. The maximum absolute atomic E-state index is 13.3. The van der Waals surface area contributed by atoms with E-state index in [-0.39, 0.29) is 29.0 Å². The summed E-state index contributed by atoms with van der Waals surface area (Å²) in [5.74, 6) is 1.10. The number of ether oxygens (including phenoxy) is 2. The number of nitrogens with zero attached hydrogens (tertiary/aromatic N) is 3. The van der Waals surface area contributed by atoms with Gasteiger partial charge >= 0.3 is 0 Å². The summed E-state index contributed by atoms with van der Waals surface area (Å²) in [6.45, 7) is 3.36. The lowest BCUT2D eigenvalue weighted by atomic mass is 9.88. The molecule has 0 amide bonds. The van der Waals surface area contributed by atoms with Gasteiger partial charge in [0.25, 0.3) is 0 Å². The van der Waals surface area contributed by atoms with Crippen molar-refractivity contribution in [1.82, 2.24) is 29.3 Å². The van der Waals surface area contributed by atoms with Crippen LogP contribution in [0.15, 0.2) is 46.3 Å². The Morgan fingerprint density at radius 1 is 1.22 bits per heavy atom. The normalized spacial score (nSPS) is 20.5. The van der Waals surface area contributed by atoms with E-state index in [2.05, 4.69) is 25.0 Å². The maximum Gasteiger partial charge on any atom is 0.244 e. The van der Waals surface area contributed by atoms with E-state index in [9.17, 15) is 21.9 Å². The second-order valence-corrected chi connectivity index (χ2v) is 14.3. The summed E-state index contributed by atoms with van der Waals surface area (Å²) in [4.78, 5) is 12.0. The van der Waals surface area contributed by atoms with E-state index in [1.54, 1.807) is 18.2 Å². The van der Waals surface area contributed by atoms with Crippen LogP contribution in [0.2, 0.25) is 0 Å². The summed E-state index contributed by atoms with van der Waals surface area (Å²) >= 11 is 0. The van der Waals surface area contributed by atoms with E-state index in [0.717, 1.165) is 5.82 Å². The molecule has 1 aromatic carbocycles. The molecule has 0 radical (unpaired) electrons. The first-order valence-corrected chi connectivity index (χ1v) is 16.5. The molecule has 2 aliphatic heterocycles. The molecule has 3 aromatic rings. The number of hydrogen-bond donors (Lipinski definition) is 4. The van der Waals surface area contributed by atoms with Crippen molar-refractivity contribution in [3.05, 3.63) is 42.4 Å². The number of aliphatic hydroxyl groups excluding tert-OH is 1. The van der Waals surface area contributed by atoms with Crippen LogP contribution >= 0.6 is 0 Å². The Bertz CT molecular complexity index is 1590. The van der Waals surface area contributed by atoms with Crippen molar-refractivity contribution in [2.75, 3.05) is 39.9 Å². The monoisotopic (exact) mass is 608 g/mol. The average Bonchev–Trinajstić information content (AvgIpc) is 3.58. The molecular weight excluding hydrogens is 572 g/mol. The van der Waals surface area contributed by atoms with E-state index in [4.69, 9.17) is 9.47 Å². The Labute approximate surface area is 239 Å². The fraction of sp³-hybridized carbons (Fsp3) is 0.538. The van der Waals surface area contributed by atoms with Crippen molar-refractivity contribution < 1.29 is 31.4 Å². The number of aromatic nitrogens is 3. The predicted molar refractivity (Wildman–Crippen MR) is 151 cm³/mol. The van der Waals surface area contributed by atoms with E-state index in [1.807, 2.05) is 6.92 Å². The Kier molecular flexibility index (Phi) is 8.66. The number of aromatic amines is 1. The fourth-order valence-corrected chi connectivity index (χ4v) is 7.42. The predicted octanol–water partition coefficient (Wildman–Crippen LogP) is 0.770. The smallest absolute Gasteiger partial charge is 0.244 e. The average molecular weight is 609 g/mol. The van der Waals surface area contributed by atoms with E-state index in [0.29, 0.717) is 62.3 Å². The number of nitrogens with one attached hydrogen (secondary N) is 3. The molecule has 0 bridgehead atoms. The van der Waals surface area contributed by atoms with Gasteiger partial charge in [0.15, 0.2) is 5.65 Å². The van der Waals surface area contributed by atoms with E-state index in [1.165, 1.54) is 29.7 Å². The van der Waals surface area contributed by atoms with Crippen LogP contribution in [-0.4, -0.2) is 98.8 Å². The van der Waals surface area contributed by atoms with Crippen LogP contribution in [0.25, 0.3) is 11.2 Å². The molecule has 2 aromatic heterocycles. The Balaban J connectivity index is 1.09. The number of aliphatic hydroxyl groups is 1. The van der Waals surface area contributed by atoms with E-state index >= 15 is 0 Å². The zero-order valence-corrected chi connectivity index (χ0v) is 24.7. The third-order valence-electron chi connectivity index (χ3n) is 7.65. The van der Waals surface area contributed by atoms with Gasteiger partial charge in [-0.1, -0.05) is 13.0 Å².